The van der Waals surface area contributed by atoms with E-state index in [-0.39, 0.29) is 5.92 Å². The second-order valence-electron chi connectivity index (χ2n) is 4.84. The Hall–Kier alpha value is -1.06. The molecular formula is C15H24O3. The first-order valence-corrected chi connectivity index (χ1v) is 6.58. The van der Waals surface area contributed by atoms with Gasteiger partial charge in [-0.15, -0.1) is 0 Å². The van der Waals surface area contributed by atoms with Gasteiger partial charge >= 0.3 is 0 Å². The Kier molecular flexibility index (Phi) is 6.16. The molecule has 102 valence electrons. The van der Waals surface area contributed by atoms with E-state index in [2.05, 4.69) is 6.92 Å². The SMILES string of the molecule is CCCC(O)C(O)CC(C)c1cccc(OC)c1. The van der Waals surface area contributed by atoms with Crippen LogP contribution in [-0.4, -0.2) is 29.5 Å². The molecule has 0 amide bonds. The zero-order chi connectivity index (χ0) is 13.5. The van der Waals surface area contributed by atoms with Crippen molar-refractivity contribution in [3.8, 4) is 5.75 Å². The van der Waals surface area contributed by atoms with Crippen LogP contribution in [0, 0.1) is 0 Å². The molecule has 1 rings (SSSR count). The lowest BCUT2D eigenvalue weighted by molar-refractivity contribution is 0.00637. The molecule has 3 nitrogen and oxygen atoms in total. The van der Waals surface area contributed by atoms with E-state index in [1.807, 2.05) is 31.2 Å². The average molecular weight is 252 g/mol. The summed E-state index contributed by atoms with van der Waals surface area (Å²) in [7, 11) is 1.64. The number of benzene rings is 1. The molecule has 0 bridgehead atoms. The number of aliphatic hydroxyl groups excluding tert-OH is 2. The zero-order valence-electron chi connectivity index (χ0n) is 11.5. The molecule has 0 fully saturated rings. The van der Waals surface area contributed by atoms with Gasteiger partial charge in [-0.25, -0.2) is 0 Å². The highest BCUT2D eigenvalue weighted by molar-refractivity contribution is 5.30. The minimum absolute atomic E-state index is 0.196. The van der Waals surface area contributed by atoms with Crippen LogP contribution in [-0.2, 0) is 0 Å². The Morgan fingerprint density at radius 2 is 1.94 bits per heavy atom. The zero-order valence-corrected chi connectivity index (χ0v) is 11.5. The van der Waals surface area contributed by atoms with Crippen molar-refractivity contribution in [2.24, 2.45) is 0 Å². The average Bonchev–Trinajstić information content (AvgIpc) is 2.39. The fourth-order valence-electron chi connectivity index (χ4n) is 2.09. The molecule has 0 aliphatic heterocycles. The lowest BCUT2D eigenvalue weighted by Crippen LogP contribution is -2.27. The number of aliphatic hydroxyl groups is 2. The van der Waals surface area contributed by atoms with Crippen molar-refractivity contribution in [1.82, 2.24) is 0 Å². The molecule has 1 aromatic carbocycles. The Morgan fingerprint density at radius 1 is 1.22 bits per heavy atom. The third-order valence-electron chi connectivity index (χ3n) is 3.29. The Morgan fingerprint density at radius 3 is 2.56 bits per heavy atom. The number of methoxy groups -OCH3 is 1. The summed E-state index contributed by atoms with van der Waals surface area (Å²) in [4.78, 5) is 0. The van der Waals surface area contributed by atoms with E-state index in [0.717, 1.165) is 17.7 Å². The van der Waals surface area contributed by atoms with Gasteiger partial charge in [-0.3, -0.25) is 0 Å². The van der Waals surface area contributed by atoms with Crippen molar-refractivity contribution in [2.75, 3.05) is 7.11 Å². The highest BCUT2D eigenvalue weighted by Crippen LogP contribution is 2.25. The summed E-state index contributed by atoms with van der Waals surface area (Å²) in [5, 5.41) is 19.7. The minimum Gasteiger partial charge on any atom is -0.497 e. The molecule has 0 spiro atoms. The molecule has 3 atom stereocenters. The van der Waals surface area contributed by atoms with Gasteiger partial charge in [0, 0.05) is 0 Å². The summed E-state index contributed by atoms with van der Waals surface area (Å²) >= 11 is 0. The van der Waals surface area contributed by atoms with Crippen molar-refractivity contribution >= 4 is 0 Å². The first kappa shape index (κ1) is 15.0. The molecule has 0 aliphatic rings. The summed E-state index contributed by atoms with van der Waals surface area (Å²) in [5.41, 5.74) is 1.12. The Balaban J connectivity index is 2.60. The summed E-state index contributed by atoms with van der Waals surface area (Å²) in [5.74, 6) is 1.02. The smallest absolute Gasteiger partial charge is 0.119 e. The summed E-state index contributed by atoms with van der Waals surface area (Å²) in [6.45, 7) is 4.05. The number of ether oxygens (including phenoxy) is 1. The lowest BCUT2D eigenvalue weighted by Gasteiger charge is -2.21. The third-order valence-corrected chi connectivity index (χ3v) is 3.29. The van der Waals surface area contributed by atoms with Gasteiger partial charge in [0.1, 0.15) is 5.75 Å². The fourth-order valence-corrected chi connectivity index (χ4v) is 2.09. The molecule has 0 radical (unpaired) electrons. The van der Waals surface area contributed by atoms with Gasteiger partial charge < -0.3 is 14.9 Å². The molecular weight excluding hydrogens is 228 g/mol. The van der Waals surface area contributed by atoms with Gasteiger partial charge in [0.25, 0.3) is 0 Å². The molecule has 2 N–H and O–H groups in total. The second kappa shape index (κ2) is 7.39. The predicted molar refractivity (Wildman–Crippen MR) is 72.9 cm³/mol. The quantitative estimate of drug-likeness (QED) is 0.784. The Labute approximate surface area is 109 Å². The number of hydrogen-bond donors (Lipinski definition) is 2. The largest absolute Gasteiger partial charge is 0.497 e. The van der Waals surface area contributed by atoms with E-state index < -0.39 is 12.2 Å². The summed E-state index contributed by atoms with van der Waals surface area (Å²) < 4.78 is 5.18. The molecule has 0 saturated heterocycles. The maximum Gasteiger partial charge on any atom is 0.119 e. The fraction of sp³-hybridized carbons (Fsp3) is 0.600. The molecule has 3 heteroatoms. The van der Waals surface area contributed by atoms with Crippen LogP contribution in [0.5, 0.6) is 5.75 Å². The minimum atomic E-state index is -0.661. The first-order valence-electron chi connectivity index (χ1n) is 6.58. The van der Waals surface area contributed by atoms with Gasteiger partial charge in [-0.2, -0.15) is 0 Å². The molecule has 0 aromatic heterocycles. The highest BCUT2D eigenvalue weighted by atomic mass is 16.5. The monoisotopic (exact) mass is 252 g/mol. The normalized spacial score (nSPS) is 16.1. The van der Waals surface area contributed by atoms with Gasteiger partial charge in [-0.05, 0) is 36.5 Å². The van der Waals surface area contributed by atoms with E-state index >= 15 is 0 Å². The van der Waals surface area contributed by atoms with Crippen LogP contribution in [0.1, 0.15) is 44.6 Å². The van der Waals surface area contributed by atoms with E-state index in [9.17, 15) is 10.2 Å². The van der Waals surface area contributed by atoms with Crippen LogP contribution in [0.2, 0.25) is 0 Å². The first-order chi connectivity index (χ1) is 8.58. The lowest BCUT2D eigenvalue weighted by atomic mass is 9.92. The van der Waals surface area contributed by atoms with Crippen LogP contribution in [0.3, 0.4) is 0 Å². The van der Waals surface area contributed by atoms with Crippen LogP contribution in [0.25, 0.3) is 0 Å². The van der Waals surface area contributed by atoms with E-state index in [1.54, 1.807) is 7.11 Å². The van der Waals surface area contributed by atoms with Crippen LogP contribution in [0.15, 0.2) is 24.3 Å². The van der Waals surface area contributed by atoms with Crippen LogP contribution < -0.4 is 4.74 Å². The molecule has 18 heavy (non-hydrogen) atoms. The predicted octanol–water partition coefficient (Wildman–Crippen LogP) is 2.71. The van der Waals surface area contributed by atoms with Gasteiger partial charge in [0.05, 0.1) is 19.3 Å². The van der Waals surface area contributed by atoms with Gasteiger partial charge in [-0.1, -0.05) is 32.4 Å². The summed E-state index contributed by atoms with van der Waals surface area (Å²) in [6, 6.07) is 7.84. The topological polar surface area (TPSA) is 49.7 Å². The standard InChI is InChI=1S/C15H24O3/c1-4-6-14(16)15(17)9-11(2)12-7-5-8-13(10-12)18-3/h5,7-8,10-11,14-17H,4,6,9H2,1-3H3. The second-order valence-corrected chi connectivity index (χ2v) is 4.84. The molecule has 3 unspecified atom stereocenters. The van der Waals surface area contributed by atoms with E-state index in [1.165, 1.54) is 0 Å². The maximum absolute atomic E-state index is 9.93. The number of rotatable bonds is 7. The van der Waals surface area contributed by atoms with Gasteiger partial charge in [0.2, 0.25) is 0 Å². The van der Waals surface area contributed by atoms with Crippen molar-refractivity contribution < 1.29 is 14.9 Å². The Bertz CT molecular complexity index is 351. The highest BCUT2D eigenvalue weighted by Gasteiger charge is 2.19. The molecule has 0 aliphatic carbocycles. The van der Waals surface area contributed by atoms with Crippen LogP contribution >= 0.6 is 0 Å². The molecule has 0 saturated carbocycles. The van der Waals surface area contributed by atoms with E-state index in [4.69, 9.17) is 4.74 Å². The summed E-state index contributed by atoms with van der Waals surface area (Å²) in [6.07, 6.45) is 0.806. The van der Waals surface area contributed by atoms with Crippen LogP contribution in [0.4, 0.5) is 0 Å². The van der Waals surface area contributed by atoms with Crippen molar-refractivity contribution in [1.29, 1.82) is 0 Å². The van der Waals surface area contributed by atoms with Gasteiger partial charge in [0.15, 0.2) is 0 Å². The van der Waals surface area contributed by atoms with E-state index in [0.29, 0.717) is 12.8 Å². The molecule has 0 heterocycles. The van der Waals surface area contributed by atoms with Crippen molar-refractivity contribution in [3.05, 3.63) is 29.8 Å². The maximum atomic E-state index is 9.93. The van der Waals surface area contributed by atoms with Crippen molar-refractivity contribution in [2.45, 2.75) is 51.2 Å². The molecule has 1 aromatic rings. The van der Waals surface area contributed by atoms with Crippen molar-refractivity contribution in [3.63, 3.8) is 0 Å². The third kappa shape index (κ3) is 4.31. The number of hydrogen-bond acceptors (Lipinski definition) is 3.